The molecular formula is C67H47N3. The second-order valence-electron chi connectivity index (χ2n) is 18.1. The quantitative estimate of drug-likeness (QED) is 0.143. The summed E-state index contributed by atoms with van der Waals surface area (Å²) in [4.78, 5) is 4.88. The lowest BCUT2D eigenvalue weighted by molar-refractivity contribution is 0.731. The zero-order chi connectivity index (χ0) is 46.4. The largest absolute Gasteiger partial charge is 0.310 e. The summed E-state index contributed by atoms with van der Waals surface area (Å²) in [5.41, 5.74) is 19.1. The van der Waals surface area contributed by atoms with Gasteiger partial charge in [0, 0.05) is 39.1 Å². The number of para-hydroxylation sites is 6. The summed E-state index contributed by atoms with van der Waals surface area (Å²) in [6, 6.07) is 104. The van der Waals surface area contributed by atoms with Crippen molar-refractivity contribution in [3.05, 3.63) is 307 Å². The molecule has 0 unspecified atom stereocenters. The summed E-state index contributed by atoms with van der Waals surface area (Å²) >= 11 is 0. The van der Waals surface area contributed by atoms with Gasteiger partial charge in [-0.15, -0.1) is 0 Å². The molecule has 0 bridgehead atoms. The Morgan fingerprint density at radius 3 is 1.60 bits per heavy atom. The number of hydrogen-bond donors (Lipinski definition) is 0. The third-order valence-electron chi connectivity index (χ3n) is 14.2. The monoisotopic (exact) mass is 893 g/mol. The van der Waals surface area contributed by atoms with Crippen molar-refractivity contribution in [2.24, 2.45) is 0 Å². The average molecular weight is 894 g/mol. The van der Waals surface area contributed by atoms with E-state index in [2.05, 4.69) is 299 Å². The van der Waals surface area contributed by atoms with Gasteiger partial charge in [-0.1, -0.05) is 200 Å². The molecule has 70 heavy (non-hydrogen) atoms. The first-order valence-electron chi connectivity index (χ1n) is 24.1. The Balaban J connectivity index is 0.995. The van der Waals surface area contributed by atoms with E-state index in [0.29, 0.717) is 0 Å². The van der Waals surface area contributed by atoms with E-state index in [1.54, 1.807) is 0 Å². The van der Waals surface area contributed by atoms with Crippen LogP contribution in [0.2, 0.25) is 0 Å². The highest BCUT2D eigenvalue weighted by atomic mass is 15.2. The average Bonchev–Trinajstić information content (AvgIpc) is 3.77. The summed E-state index contributed by atoms with van der Waals surface area (Å²) < 4.78 is 2.38. The minimum absolute atomic E-state index is 0.590. The van der Waals surface area contributed by atoms with Crippen LogP contribution in [-0.2, 0) is 5.41 Å². The Labute approximate surface area is 409 Å². The molecule has 0 atom stereocenters. The fourth-order valence-electron chi connectivity index (χ4n) is 11.2. The van der Waals surface area contributed by atoms with Crippen LogP contribution < -0.4 is 9.80 Å². The van der Waals surface area contributed by atoms with Gasteiger partial charge >= 0.3 is 0 Å². The molecule has 0 N–H and O–H groups in total. The smallest absolute Gasteiger partial charge is 0.0742 e. The van der Waals surface area contributed by atoms with Crippen molar-refractivity contribution in [3.8, 4) is 27.9 Å². The summed E-state index contributed by atoms with van der Waals surface area (Å²) in [5.74, 6) is 0. The first-order valence-corrected chi connectivity index (χ1v) is 24.1. The Kier molecular flexibility index (Phi) is 10.1. The first-order chi connectivity index (χ1) is 34.8. The Hall–Kier alpha value is -9.18. The molecule has 11 aromatic carbocycles. The zero-order valence-corrected chi connectivity index (χ0v) is 38.5. The molecule has 0 saturated heterocycles. The van der Waals surface area contributed by atoms with Gasteiger partial charge in [-0.25, -0.2) is 0 Å². The lowest BCUT2D eigenvalue weighted by Gasteiger charge is -2.46. The number of nitrogens with zero attached hydrogens (tertiary/aromatic N) is 3. The van der Waals surface area contributed by atoms with Crippen molar-refractivity contribution in [2.75, 3.05) is 9.80 Å². The molecule has 330 valence electrons. The molecule has 3 nitrogen and oxygen atoms in total. The van der Waals surface area contributed by atoms with Gasteiger partial charge in [-0.2, -0.15) is 0 Å². The molecule has 1 aliphatic heterocycles. The van der Waals surface area contributed by atoms with Crippen molar-refractivity contribution in [1.29, 1.82) is 0 Å². The van der Waals surface area contributed by atoms with E-state index in [9.17, 15) is 0 Å². The molecular weight excluding hydrogens is 847 g/mol. The number of fused-ring (bicyclic) bond motifs is 5. The maximum absolute atomic E-state index is 2.47. The molecule has 13 rings (SSSR count). The number of rotatable bonds is 9. The van der Waals surface area contributed by atoms with E-state index < -0.39 is 5.41 Å². The molecule has 12 aromatic rings. The summed E-state index contributed by atoms with van der Waals surface area (Å²) in [6.45, 7) is 0. The van der Waals surface area contributed by atoms with Crippen LogP contribution in [-0.4, -0.2) is 4.57 Å². The normalized spacial score (nSPS) is 12.7. The number of aromatic nitrogens is 1. The van der Waals surface area contributed by atoms with Crippen molar-refractivity contribution in [1.82, 2.24) is 4.57 Å². The van der Waals surface area contributed by atoms with E-state index in [4.69, 9.17) is 0 Å². The highest BCUT2D eigenvalue weighted by Crippen LogP contribution is 2.58. The Morgan fingerprint density at radius 2 is 0.857 bits per heavy atom. The Bertz CT molecular complexity index is 3790. The van der Waals surface area contributed by atoms with Crippen LogP contribution in [0, 0.1) is 0 Å². The fraction of sp³-hybridized carbons (Fsp3) is 0.0149. The fourth-order valence-corrected chi connectivity index (χ4v) is 11.2. The highest BCUT2D eigenvalue weighted by molar-refractivity contribution is 6.10. The van der Waals surface area contributed by atoms with Crippen LogP contribution in [0.25, 0.3) is 49.7 Å². The SMILES string of the molecule is c1ccc(N(c2cccc(-c3ccc4c(c3)c3ccccc3n4-c3ccccc3)c2)c2ccccc2-c2ccc3c(c2)N(c2ccccc2)c2ccccc2C3(c2ccccc2)c2ccccc2)cc1. The van der Waals surface area contributed by atoms with Gasteiger partial charge in [0.1, 0.15) is 0 Å². The molecule has 2 heterocycles. The molecule has 0 radical (unpaired) electrons. The number of benzene rings is 11. The standard InChI is InChI=1S/C67H47N3/c1-6-24-51(25-7-1)67(52-26-8-2-9-27-52)60-37-18-21-40-65(60)70(55-32-14-5-15-33-55)66-47-50(41-43-61(66)67)57-35-16-19-38-62(57)68(53-28-10-3-11-29-53)56-34-22-23-48(45-56)49-42-44-64-59(46-49)58-36-17-20-39-63(58)69(64)54-30-12-4-13-31-54/h1-47H. The van der Waals surface area contributed by atoms with E-state index in [1.165, 1.54) is 49.6 Å². The minimum Gasteiger partial charge on any atom is -0.310 e. The van der Waals surface area contributed by atoms with Crippen molar-refractivity contribution in [3.63, 3.8) is 0 Å². The summed E-state index contributed by atoms with van der Waals surface area (Å²) in [7, 11) is 0. The zero-order valence-electron chi connectivity index (χ0n) is 38.5. The molecule has 1 aromatic heterocycles. The lowest BCUT2D eigenvalue weighted by Crippen LogP contribution is -2.37. The van der Waals surface area contributed by atoms with Crippen LogP contribution in [0.1, 0.15) is 22.3 Å². The van der Waals surface area contributed by atoms with Crippen LogP contribution in [0.3, 0.4) is 0 Å². The third-order valence-corrected chi connectivity index (χ3v) is 14.2. The van der Waals surface area contributed by atoms with Crippen LogP contribution in [0.15, 0.2) is 285 Å². The van der Waals surface area contributed by atoms with Crippen molar-refractivity contribution < 1.29 is 0 Å². The van der Waals surface area contributed by atoms with Gasteiger partial charge in [-0.05, 0) is 124 Å². The molecule has 0 saturated carbocycles. The molecule has 0 aliphatic carbocycles. The van der Waals surface area contributed by atoms with Gasteiger partial charge < -0.3 is 14.4 Å². The maximum atomic E-state index is 2.47. The molecule has 0 fully saturated rings. The van der Waals surface area contributed by atoms with Gasteiger partial charge in [0.05, 0.1) is 33.5 Å². The van der Waals surface area contributed by atoms with E-state index in [-0.39, 0.29) is 0 Å². The first kappa shape index (κ1) is 41.0. The molecule has 0 amide bonds. The third kappa shape index (κ3) is 6.66. The minimum atomic E-state index is -0.590. The van der Waals surface area contributed by atoms with Crippen LogP contribution >= 0.6 is 0 Å². The van der Waals surface area contributed by atoms with E-state index in [0.717, 1.165) is 56.5 Å². The number of anilines is 6. The molecule has 1 aliphatic rings. The van der Waals surface area contributed by atoms with Gasteiger partial charge in [-0.3, -0.25) is 0 Å². The van der Waals surface area contributed by atoms with E-state index >= 15 is 0 Å². The van der Waals surface area contributed by atoms with Crippen LogP contribution in [0.4, 0.5) is 34.1 Å². The predicted octanol–water partition coefficient (Wildman–Crippen LogP) is 17.8. The highest BCUT2D eigenvalue weighted by Gasteiger charge is 2.46. The molecule has 0 spiro atoms. The summed E-state index contributed by atoms with van der Waals surface area (Å²) in [5, 5.41) is 2.47. The van der Waals surface area contributed by atoms with E-state index in [1.807, 2.05) is 0 Å². The number of hydrogen-bond acceptors (Lipinski definition) is 2. The van der Waals surface area contributed by atoms with Gasteiger partial charge in [0.2, 0.25) is 0 Å². The second kappa shape index (κ2) is 17.2. The van der Waals surface area contributed by atoms with Crippen molar-refractivity contribution in [2.45, 2.75) is 5.41 Å². The lowest BCUT2D eigenvalue weighted by atomic mass is 9.62. The van der Waals surface area contributed by atoms with Crippen LogP contribution in [0.5, 0.6) is 0 Å². The maximum Gasteiger partial charge on any atom is 0.0742 e. The van der Waals surface area contributed by atoms with Crippen molar-refractivity contribution >= 4 is 55.9 Å². The van der Waals surface area contributed by atoms with Gasteiger partial charge in [0.15, 0.2) is 0 Å². The summed E-state index contributed by atoms with van der Waals surface area (Å²) in [6.07, 6.45) is 0. The Morgan fingerprint density at radius 1 is 0.314 bits per heavy atom. The molecule has 3 heteroatoms. The second-order valence-corrected chi connectivity index (χ2v) is 18.1. The predicted molar refractivity (Wildman–Crippen MR) is 293 cm³/mol. The van der Waals surface area contributed by atoms with Gasteiger partial charge in [0.25, 0.3) is 0 Å². The topological polar surface area (TPSA) is 11.4 Å².